The van der Waals surface area contributed by atoms with Crippen molar-refractivity contribution in [2.45, 2.75) is 31.7 Å². The first-order valence-corrected chi connectivity index (χ1v) is 4.15. The number of fused-ring (bicyclic) bond motifs is 2. The largest absolute Gasteiger partial charge is 0.458 e. The second-order valence-corrected chi connectivity index (χ2v) is 3.38. The molecule has 0 radical (unpaired) electrons. The van der Waals surface area contributed by atoms with Gasteiger partial charge in [0.1, 0.15) is 12.2 Å². The van der Waals surface area contributed by atoms with Crippen molar-refractivity contribution in [2.75, 3.05) is 0 Å². The minimum absolute atomic E-state index is 0.379. The molecule has 1 saturated carbocycles. The van der Waals surface area contributed by atoms with Crippen LogP contribution in [0, 0.1) is 5.92 Å². The average molecular weight is 186 g/mol. The molecule has 5 heteroatoms. The van der Waals surface area contributed by atoms with Crippen LogP contribution >= 0.6 is 0 Å². The maximum Gasteiger partial charge on any atom is 0.312 e. The summed E-state index contributed by atoms with van der Waals surface area (Å²) >= 11 is 0. The lowest BCUT2D eigenvalue weighted by atomic mass is 10.1. The Hall–Kier alpha value is -1.10. The van der Waals surface area contributed by atoms with Crippen LogP contribution in [0.25, 0.3) is 0 Å². The Morgan fingerprint density at radius 1 is 1.69 bits per heavy atom. The second-order valence-electron chi connectivity index (χ2n) is 3.38. The Bertz CT molecular complexity index is 261. The molecule has 1 heterocycles. The van der Waals surface area contributed by atoms with Gasteiger partial charge in [-0.15, -0.1) is 0 Å². The summed E-state index contributed by atoms with van der Waals surface area (Å²) in [6.45, 7) is 1.29. The lowest BCUT2D eigenvalue weighted by Crippen LogP contribution is -2.33. The zero-order chi connectivity index (χ0) is 9.59. The molecule has 1 N–H and O–H groups in total. The topological polar surface area (TPSA) is 72.8 Å². The zero-order valence-electron chi connectivity index (χ0n) is 7.10. The highest BCUT2D eigenvalue weighted by atomic mass is 16.6. The molecule has 2 bridgehead atoms. The molecule has 2 rings (SSSR count). The molecule has 0 amide bonds. The summed E-state index contributed by atoms with van der Waals surface area (Å²) in [4.78, 5) is 21.6. The number of carbonyl (C=O) groups is 2. The third-order valence-electron chi connectivity index (χ3n) is 2.47. The van der Waals surface area contributed by atoms with Gasteiger partial charge in [0.25, 0.3) is 0 Å². The van der Waals surface area contributed by atoms with Crippen LogP contribution in [0.4, 0.5) is 0 Å². The summed E-state index contributed by atoms with van der Waals surface area (Å²) in [5.41, 5.74) is 0. The number of hydrogen-bond donors (Lipinski definition) is 1. The monoisotopic (exact) mass is 186 g/mol. The molecule has 1 aliphatic heterocycles. The van der Waals surface area contributed by atoms with Crippen molar-refractivity contribution in [1.82, 2.24) is 0 Å². The van der Waals surface area contributed by atoms with Crippen LogP contribution in [-0.2, 0) is 19.1 Å². The van der Waals surface area contributed by atoms with E-state index in [2.05, 4.69) is 0 Å². The van der Waals surface area contributed by atoms with Gasteiger partial charge in [0.2, 0.25) is 0 Å². The number of aliphatic hydroxyl groups excluding tert-OH is 1. The number of ether oxygens (including phenoxy) is 2. The summed E-state index contributed by atoms with van der Waals surface area (Å²) in [5.74, 6) is -1.31. The van der Waals surface area contributed by atoms with Crippen LogP contribution in [0.2, 0.25) is 0 Å². The quantitative estimate of drug-likeness (QED) is 0.544. The molecule has 1 aliphatic carbocycles. The molecule has 0 aromatic rings. The fourth-order valence-electron chi connectivity index (χ4n) is 1.90. The van der Waals surface area contributed by atoms with Crippen molar-refractivity contribution in [1.29, 1.82) is 0 Å². The van der Waals surface area contributed by atoms with Crippen molar-refractivity contribution < 1.29 is 24.2 Å². The Labute approximate surface area is 74.6 Å². The number of carbonyl (C=O) groups excluding carboxylic acids is 2. The normalized spacial score (nSPS) is 41.8. The van der Waals surface area contributed by atoms with E-state index in [1.54, 1.807) is 0 Å². The van der Waals surface area contributed by atoms with Crippen molar-refractivity contribution in [3.8, 4) is 0 Å². The number of hydrogen-bond acceptors (Lipinski definition) is 5. The van der Waals surface area contributed by atoms with Gasteiger partial charge in [0.05, 0.1) is 5.92 Å². The van der Waals surface area contributed by atoms with Gasteiger partial charge < -0.3 is 14.6 Å². The molecule has 2 aliphatic rings. The van der Waals surface area contributed by atoms with Gasteiger partial charge in [-0.2, -0.15) is 0 Å². The molecule has 0 spiro atoms. The minimum atomic E-state index is -0.808. The van der Waals surface area contributed by atoms with Gasteiger partial charge in [-0.25, -0.2) is 0 Å². The van der Waals surface area contributed by atoms with E-state index in [0.29, 0.717) is 6.42 Å². The molecule has 1 unspecified atom stereocenters. The van der Waals surface area contributed by atoms with Crippen LogP contribution in [0.1, 0.15) is 13.3 Å². The predicted molar refractivity (Wildman–Crippen MR) is 39.5 cm³/mol. The third-order valence-corrected chi connectivity index (χ3v) is 2.47. The maximum absolute atomic E-state index is 11.0. The van der Waals surface area contributed by atoms with E-state index in [1.165, 1.54) is 6.92 Å². The standard InChI is InChI=1S/C8H10O5/c1-3(9)12-5-2-4-6(10)7(5)13-8(4)11/h4-7,10H,2H2,1H3/t4-,5-,6?,7-/m1/s1. The van der Waals surface area contributed by atoms with Gasteiger partial charge >= 0.3 is 11.9 Å². The Kier molecular flexibility index (Phi) is 1.76. The number of esters is 2. The molecule has 13 heavy (non-hydrogen) atoms. The van der Waals surface area contributed by atoms with E-state index in [4.69, 9.17) is 9.47 Å². The van der Waals surface area contributed by atoms with E-state index < -0.39 is 30.2 Å². The van der Waals surface area contributed by atoms with Gasteiger partial charge in [0, 0.05) is 13.3 Å². The Morgan fingerprint density at radius 2 is 2.38 bits per heavy atom. The summed E-state index contributed by atoms with van der Waals surface area (Å²) in [5, 5.41) is 9.45. The van der Waals surface area contributed by atoms with E-state index in [9.17, 15) is 14.7 Å². The Balaban J connectivity index is 2.06. The van der Waals surface area contributed by atoms with Crippen LogP contribution in [0.5, 0.6) is 0 Å². The summed E-state index contributed by atoms with van der Waals surface area (Å²) in [6.07, 6.45) is -1.54. The summed E-state index contributed by atoms with van der Waals surface area (Å²) < 4.78 is 9.71. The molecule has 72 valence electrons. The first-order valence-electron chi connectivity index (χ1n) is 4.15. The lowest BCUT2D eigenvalue weighted by molar-refractivity contribution is -0.167. The van der Waals surface area contributed by atoms with E-state index in [-0.39, 0.29) is 5.97 Å². The van der Waals surface area contributed by atoms with Crippen LogP contribution in [-0.4, -0.2) is 35.4 Å². The molecule has 5 nitrogen and oxygen atoms in total. The van der Waals surface area contributed by atoms with Crippen molar-refractivity contribution in [3.05, 3.63) is 0 Å². The SMILES string of the molecule is CC(=O)O[C@@H]1C[C@H]2C(=O)O[C@H]1C2O. The Morgan fingerprint density at radius 3 is 2.77 bits per heavy atom. The zero-order valence-corrected chi connectivity index (χ0v) is 7.10. The molecule has 0 aromatic carbocycles. The summed E-state index contributed by atoms with van der Waals surface area (Å²) in [6, 6.07) is 0. The molecular formula is C8H10O5. The highest BCUT2D eigenvalue weighted by molar-refractivity contribution is 5.77. The molecular weight excluding hydrogens is 176 g/mol. The first-order chi connectivity index (χ1) is 6.09. The lowest BCUT2D eigenvalue weighted by Gasteiger charge is -2.20. The van der Waals surface area contributed by atoms with Gasteiger partial charge in [-0.3, -0.25) is 9.59 Å². The van der Waals surface area contributed by atoms with Gasteiger partial charge in [-0.1, -0.05) is 0 Å². The van der Waals surface area contributed by atoms with Gasteiger partial charge in [0.15, 0.2) is 6.10 Å². The van der Waals surface area contributed by atoms with Crippen LogP contribution in [0.3, 0.4) is 0 Å². The van der Waals surface area contributed by atoms with E-state index in [0.717, 1.165) is 0 Å². The average Bonchev–Trinajstić information content (AvgIpc) is 2.43. The smallest absolute Gasteiger partial charge is 0.312 e. The maximum atomic E-state index is 11.0. The van der Waals surface area contributed by atoms with Crippen LogP contribution in [0.15, 0.2) is 0 Å². The minimum Gasteiger partial charge on any atom is -0.458 e. The number of rotatable bonds is 1. The molecule has 2 fully saturated rings. The highest BCUT2D eigenvalue weighted by Gasteiger charge is 2.56. The fourth-order valence-corrected chi connectivity index (χ4v) is 1.90. The fraction of sp³-hybridized carbons (Fsp3) is 0.750. The molecule has 0 aromatic heterocycles. The highest BCUT2D eigenvalue weighted by Crippen LogP contribution is 2.38. The summed E-state index contributed by atoms with van der Waals surface area (Å²) in [7, 11) is 0. The first kappa shape index (κ1) is 8.50. The van der Waals surface area contributed by atoms with E-state index >= 15 is 0 Å². The second kappa shape index (κ2) is 2.70. The van der Waals surface area contributed by atoms with Crippen molar-refractivity contribution >= 4 is 11.9 Å². The van der Waals surface area contributed by atoms with Crippen molar-refractivity contribution in [3.63, 3.8) is 0 Å². The number of aliphatic hydroxyl groups is 1. The third kappa shape index (κ3) is 1.19. The van der Waals surface area contributed by atoms with Crippen LogP contribution < -0.4 is 0 Å². The molecule has 1 saturated heterocycles. The van der Waals surface area contributed by atoms with Gasteiger partial charge in [-0.05, 0) is 0 Å². The predicted octanol–water partition coefficient (Wildman–Crippen LogP) is -0.776. The van der Waals surface area contributed by atoms with E-state index in [1.807, 2.05) is 0 Å². The van der Waals surface area contributed by atoms with Crippen molar-refractivity contribution in [2.24, 2.45) is 5.92 Å². The molecule has 4 atom stereocenters.